The monoisotopic (exact) mass is 273 g/mol. The summed E-state index contributed by atoms with van der Waals surface area (Å²) in [4.78, 5) is 3.73. The Kier molecular flexibility index (Phi) is 2.87. The summed E-state index contributed by atoms with van der Waals surface area (Å²) in [5.41, 5.74) is -0.711. The molecule has 0 amide bonds. The van der Waals surface area contributed by atoms with Gasteiger partial charge in [-0.3, -0.25) is 0 Å². The Morgan fingerprint density at radius 1 is 1.46 bits per heavy atom. The van der Waals surface area contributed by atoms with E-state index in [1.54, 1.807) is 0 Å². The highest BCUT2D eigenvalue weighted by Crippen LogP contribution is 2.36. The third-order valence-corrected chi connectivity index (χ3v) is 2.28. The fourth-order valence-electron chi connectivity index (χ4n) is 0.825. The Labute approximate surface area is 86.0 Å². The summed E-state index contributed by atoms with van der Waals surface area (Å²) >= 11 is 8.32. The summed E-state index contributed by atoms with van der Waals surface area (Å²) in [7, 11) is 0. The molecule has 0 aliphatic carbocycles. The summed E-state index contributed by atoms with van der Waals surface area (Å²) < 4.78 is 37.0. The second kappa shape index (κ2) is 3.46. The molecule has 0 radical (unpaired) electrons. The highest BCUT2D eigenvalue weighted by Gasteiger charge is 2.34. The van der Waals surface area contributed by atoms with Crippen molar-refractivity contribution in [3.05, 3.63) is 26.9 Å². The van der Waals surface area contributed by atoms with Crippen LogP contribution in [0.4, 0.5) is 13.2 Å². The van der Waals surface area contributed by atoms with Crippen molar-refractivity contribution in [2.24, 2.45) is 0 Å². The van der Waals surface area contributed by atoms with E-state index in [9.17, 15) is 13.2 Å². The van der Waals surface area contributed by atoms with Gasteiger partial charge < -0.3 is 0 Å². The number of aromatic nitrogens is 1. The normalized spacial score (nSPS) is 11.8. The molecule has 1 heterocycles. The minimum atomic E-state index is -4.44. The largest absolute Gasteiger partial charge is 0.418 e. The van der Waals surface area contributed by atoms with Crippen LogP contribution in [0.25, 0.3) is 0 Å². The highest BCUT2D eigenvalue weighted by molar-refractivity contribution is 9.10. The lowest BCUT2D eigenvalue weighted by Crippen LogP contribution is -2.07. The zero-order valence-electron chi connectivity index (χ0n) is 6.41. The van der Waals surface area contributed by atoms with Crippen LogP contribution in [0.3, 0.4) is 0 Å². The molecular weight excluding hydrogens is 270 g/mol. The van der Waals surface area contributed by atoms with Gasteiger partial charge in [-0.1, -0.05) is 11.6 Å². The molecule has 0 atom stereocenters. The van der Waals surface area contributed by atoms with Gasteiger partial charge in [0, 0.05) is 0 Å². The van der Waals surface area contributed by atoms with Crippen LogP contribution in [0.5, 0.6) is 0 Å². The predicted molar refractivity (Wildman–Crippen MR) is 46.7 cm³/mol. The van der Waals surface area contributed by atoms with Crippen molar-refractivity contribution in [3.63, 3.8) is 0 Å². The number of aryl methyl sites for hydroxylation is 1. The molecule has 13 heavy (non-hydrogen) atoms. The number of nitrogens with zero attached hydrogens (tertiary/aromatic N) is 1. The number of halogens is 5. The smallest absolute Gasteiger partial charge is 0.245 e. The van der Waals surface area contributed by atoms with Gasteiger partial charge in [-0.15, -0.1) is 0 Å². The molecule has 0 spiro atoms. The quantitative estimate of drug-likeness (QED) is 0.655. The summed E-state index contributed by atoms with van der Waals surface area (Å²) in [6.45, 7) is 1.42. The van der Waals surface area contributed by atoms with Crippen LogP contribution in [0, 0.1) is 6.92 Å². The van der Waals surface area contributed by atoms with E-state index in [-0.39, 0.29) is 15.3 Å². The van der Waals surface area contributed by atoms with Crippen molar-refractivity contribution in [2.75, 3.05) is 0 Å². The molecule has 0 aliphatic heterocycles. The van der Waals surface area contributed by atoms with Crippen LogP contribution < -0.4 is 0 Å². The van der Waals surface area contributed by atoms with Crippen molar-refractivity contribution in [1.29, 1.82) is 0 Å². The molecule has 0 fully saturated rings. The molecule has 0 aromatic carbocycles. The molecular formula is C7H4BrClF3N. The fraction of sp³-hybridized carbons (Fsp3) is 0.286. The number of alkyl halides is 3. The van der Waals surface area contributed by atoms with E-state index >= 15 is 0 Å². The topological polar surface area (TPSA) is 12.9 Å². The Bertz CT molecular complexity index is 337. The first-order valence-corrected chi connectivity index (χ1v) is 4.39. The molecule has 1 aromatic rings. The van der Waals surface area contributed by atoms with E-state index in [0.29, 0.717) is 0 Å². The first-order valence-electron chi connectivity index (χ1n) is 3.22. The molecule has 1 nitrogen and oxygen atoms in total. The maximum absolute atomic E-state index is 12.3. The van der Waals surface area contributed by atoms with Gasteiger partial charge in [0.25, 0.3) is 0 Å². The Hall–Kier alpha value is -0.290. The minimum absolute atomic E-state index is 0.127. The van der Waals surface area contributed by atoms with Gasteiger partial charge in [-0.25, -0.2) is 4.98 Å². The summed E-state index contributed by atoms with van der Waals surface area (Å²) in [6, 6.07) is 0.856. The molecule has 1 rings (SSSR count). The predicted octanol–water partition coefficient (Wildman–Crippen LogP) is 3.82. The van der Waals surface area contributed by atoms with E-state index in [4.69, 9.17) is 11.6 Å². The van der Waals surface area contributed by atoms with Gasteiger partial charge in [-0.05, 0) is 28.9 Å². The average molecular weight is 274 g/mol. The molecule has 72 valence electrons. The maximum Gasteiger partial charge on any atom is 0.418 e. The zero-order valence-corrected chi connectivity index (χ0v) is 8.76. The number of pyridine rings is 1. The number of hydrogen-bond acceptors (Lipinski definition) is 1. The molecule has 0 unspecified atom stereocenters. The molecule has 0 bridgehead atoms. The van der Waals surface area contributed by atoms with Crippen LogP contribution in [0.2, 0.25) is 5.02 Å². The summed E-state index contributed by atoms with van der Waals surface area (Å²) in [5, 5.41) is -0.351. The number of rotatable bonds is 0. The zero-order chi connectivity index (χ0) is 10.2. The van der Waals surface area contributed by atoms with Crippen LogP contribution in [-0.4, -0.2) is 4.98 Å². The first-order chi connectivity index (χ1) is 5.82. The van der Waals surface area contributed by atoms with Crippen LogP contribution in [0.15, 0.2) is 10.7 Å². The Morgan fingerprint density at radius 3 is 2.46 bits per heavy atom. The third-order valence-electron chi connectivity index (χ3n) is 1.40. The van der Waals surface area contributed by atoms with Crippen molar-refractivity contribution in [3.8, 4) is 0 Å². The van der Waals surface area contributed by atoms with E-state index in [1.807, 2.05) is 0 Å². The van der Waals surface area contributed by atoms with Gasteiger partial charge in [0.1, 0.15) is 4.60 Å². The fourth-order valence-corrected chi connectivity index (χ4v) is 1.52. The molecule has 6 heteroatoms. The van der Waals surface area contributed by atoms with Crippen molar-refractivity contribution >= 4 is 27.5 Å². The Morgan fingerprint density at radius 2 is 2.00 bits per heavy atom. The van der Waals surface area contributed by atoms with Gasteiger partial charge in [-0.2, -0.15) is 13.2 Å². The molecule has 1 aromatic heterocycles. The van der Waals surface area contributed by atoms with Gasteiger partial charge in [0.05, 0.1) is 16.3 Å². The first kappa shape index (κ1) is 10.8. The molecule has 0 saturated heterocycles. The second-order valence-corrected chi connectivity index (χ2v) is 3.58. The van der Waals surface area contributed by atoms with E-state index in [0.717, 1.165) is 6.07 Å². The lowest BCUT2D eigenvalue weighted by atomic mass is 10.2. The van der Waals surface area contributed by atoms with Crippen molar-refractivity contribution < 1.29 is 13.2 Å². The van der Waals surface area contributed by atoms with Crippen LogP contribution in [0.1, 0.15) is 11.3 Å². The van der Waals surface area contributed by atoms with Gasteiger partial charge in [0.15, 0.2) is 0 Å². The van der Waals surface area contributed by atoms with Crippen LogP contribution in [-0.2, 0) is 6.18 Å². The van der Waals surface area contributed by atoms with Crippen molar-refractivity contribution in [1.82, 2.24) is 4.98 Å². The third kappa shape index (κ3) is 2.34. The van der Waals surface area contributed by atoms with Crippen LogP contribution >= 0.6 is 27.5 Å². The van der Waals surface area contributed by atoms with Gasteiger partial charge >= 0.3 is 6.18 Å². The lowest BCUT2D eigenvalue weighted by molar-refractivity contribution is -0.137. The highest BCUT2D eigenvalue weighted by atomic mass is 79.9. The molecule has 0 aliphatic rings. The lowest BCUT2D eigenvalue weighted by Gasteiger charge is -2.10. The number of hydrogen-bond donors (Lipinski definition) is 0. The average Bonchev–Trinajstić information content (AvgIpc) is 1.94. The minimum Gasteiger partial charge on any atom is -0.245 e. The second-order valence-electron chi connectivity index (χ2n) is 2.39. The van der Waals surface area contributed by atoms with E-state index < -0.39 is 11.7 Å². The maximum atomic E-state index is 12.3. The standard InChI is InChI=1S/C7H4BrClF3N/c1-3-6(9)4(7(10,11)12)2-5(8)13-3/h2H,1H3. The summed E-state index contributed by atoms with van der Waals surface area (Å²) in [5.74, 6) is 0. The van der Waals surface area contributed by atoms with E-state index in [2.05, 4.69) is 20.9 Å². The SMILES string of the molecule is Cc1nc(Br)cc(C(F)(F)F)c1Cl. The summed E-state index contributed by atoms with van der Waals surface area (Å²) in [6.07, 6.45) is -4.44. The van der Waals surface area contributed by atoms with Crippen molar-refractivity contribution in [2.45, 2.75) is 13.1 Å². The Balaban J connectivity index is 3.37. The van der Waals surface area contributed by atoms with E-state index in [1.165, 1.54) is 6.92 Å². The van der Waals surface area contributed by atoms with Gasteiger partial charge in [0.2, 0.25) is 0 Å². The molecule has 0 N–H and O–H groups in total. The molecule has 0 saturated carbocycles.